The van der Waals surface area contributed by atoms with E-state index < -0.39 is 48.7 Å². The molecule has 2 aliphatic heterocycles. The van der Waals surface area contributed by atoms with Crippen molar-refractivity contribution in [1.29, 1.82) is 0 Å². The van der Waals surface area contributed by atoms with Crippen molar-refractivity contribution < 1.29 is 32.4 Å². The quantitative estimate of drug-likeness (QED) is 0.502. The molecule has 18 heavy (non-hydrogen) atoms. The third-order valence-corrected chi connectivity index (χ3v) is 3.08. The van der Waals surface area contributed by atoms with E-state index in [1.54, 1.807) is 0 Å². The third kappa shape index (κ3) is 1.95. The van der Waals surface area contributed by atoms with E-state index in [4.69, 9.17) is 7.48 Å². The van der Waals surface area contributed by atoms with Gasteiger partial charge in [-0.1, -0.05) is 0 Å². The van der Waals surface area contributed by atoms with E-state index in [9.17, 15) is 24.9 Å². The summed E-state index contributed by atoms with van der Waals surface area (Å²) in [5.74, 6) is -1.05. The van der Waals surface area contributed by atoms with Crippen LogP contribution < -0.4 is 0 Å². The molecule has 0 bridgehead atoms. The number of allylic oxidation sites excluding steroid dienone is 1. The van der Waals surface area contributed by atoms with Crippen LogP contribution in [-0.2, 0) is 14.3 Å². The molecule has 0 saturated carbocycles. The molecule has 0 unspecified atom stereocenters. The monoisotopic (exact) mass is 259 g/mol. The number of rotatable bonds is 2. The Morgan fingerprint density at radius 1 is 1.67 bits per heavy atom. The molecule has 2 heterocycles. The first-order valence-corrected chi connectivity index (χ1v) is 5.35. The first-order chi connectivity index (χ1) is 9.05. The van der Waals surface area contributed by atoms with Gasteiger partial charge in [-0.3, -0.25) is 14.5 Å². The Hall–Kier alpha value is -1.28. The van der Waals surface area contributed by atoms with Gasteiger partial charge in [-0.05, 0) is 13.0 Å². The number of ether oxygens (including phenoxy) is 1. The molecule has 100 valence electrons. The van der Waals surface area contributed by atoms with Crippen LogP contribution in [0.4, 0.5) is 0 Å². The highest BCUT2D eigenvalue weighted by atomic mass is 16.6. The van der Waals surface area contributed by atoms with Crippen molar-refractivity contribution in [2.24, 2.45) is 0 Å². The summed E-state index contributed by atoms with van der Waals surface area (Å²) in [6, 6.07) is 0. The molecule has 7 heteroatoms. The van der Waals surface area contributed by atoms with E-state index in [-0.39, 0.29) is 0 Å². The highest BCUT2D eigenvalue weighted by Gasteiger charge is 2.55. The van der Waals surface area contributed by atoms with Crippen molar-refractivity contribution in [3.8, 4) is 0 Å². The van der Waals surface area contributed by atoms with Crippen LogP contribution in [0.5, 0.6) is 0 Å². The van der Waals surface area contributed by atoms with Gasteiger partial charge in [0.25, 0.3) is 0 Å². The molecule has 0 aromatic heterocycles. The number of carbonyl (C=O) groups excluding carboxylic acids is 2. The molecule has 0 aliphatic carbocycles. The maximum atomic E-state index is 11.8. The van der Waals surface area contributed by atoms with Gasteiger partial charge in [0.1, 0.15) is 17.8 Å². The molecule has 3 N–H and O–H groups in total. The molecule has 1 fully saturated rings. The summed E-state index contributed by atoms with van der Waals surface area (Å²) >= 11 is 0. The summed E-state index contributed by atoms with van der Waals surface area (Å²) in [5, 5.41) is 29.4. The summed E-state index contributed by atoms with van der Waals surface area (Å²) in [4.78, 5) is 23.8. The Morgan fingerprint density at radius 2 is 2.33 bits per heavy atom. The topological polar surface area (TPSA) is 107 Å². The fourth-order valence-electron chi connectivity index (χ4n) is 2.01. The largest absolute Gasteiger partial charge is 0.394 e. The zero-order chi connectivity index (χ0) is 15.3. The zero-order valence-corrected chi connectivity index (χ0v) is 9.61. The lowest BCUT2D eigenvalue weighted by Crippen LogP contribution is -2.54. The molecule has 4 atom stereocenters. The minimum absolute atomic E-state index is 0.404. The number of hydrogen-bond acceptors (Lipinski definition) is 6. The summed E-state index contributed by atoms with van der Waals surface area (Å²) in [6.45, 7) is -1.73. The van der Waals surface area contributed by atoms with Gasteiger partial charge in [0.05, 0.1) is 15.7 Å². The van der Waals surface area contributed by atoms with Gasteiger partial charge in [-0.15, -0.1) is 0 Å². The first-order valence-electron chi connectivity index (χ1n) is 6.35. The Labute approximate surface area is 106 Å². The van der Waals surface area contributed by atoms with Crippen LogP contribution in [0.2, 0.25) is 0 Å². The Kier molecular flexibility index (Phi) is 2.62. The fraction of sp³-hybridized carbons (Fsp3) is 0.636. The van der Waals surface area contributed by atoms with E-state index >= 15 is 0 Å². The zero-order valence-electron chi connectivity index (χ0n) is 11.6. The fourth-order valence-corrected chi connectivity index (χ4v) is 2.01. The van der Waals surface area contributed by atoms with Crippen LogP contribution in [-0.4, -0.2) is 62.5 Å². The lowest BCUT2D eigenvalue weighted by atomic mass is 9.95. The summed E-state index contributed by atoms with van der Waals surface area (Å²) in [5.41, 5.74) is -2.00. The van der Waals surface area contributed by atoms with E-state index in [1.807, 2.05) is 0 Å². The average molecular weight is 259 g/mol. The van der Waals surface area contributed by atoms with Gasteiger partial charge >= 0.3 is 0 Å². The number of carbonyl (C=O) groups is 2. The molecule has 0 spiro atoms. The molecule has 2 aliphatic rings. The number of ketones is 1. The highest BCUT2D eigenvalue weighted by molar-refractivity contribution is 6.06. The number of aliphatic hydroxyl groups is 3. The summed E-state index contributed by atoms with van der Waals surface area (Å²) < 4.78 is 19.5. The van der Waals surface area contributed by atoms with Crippen molar-refractivity contribution in [2.75, 3.05) is 6.56 Å². The van der Waals surface area contributed by atoms with Crippen molar-refractivity contribution in [3.05, 3.63) is 12.3 Å². The van der Waals surface area contributed by atoms with E-state index in [2.05, 4.69) is 0 Å². The number of amides is 1. The molecule has 2 rings (SSSR count). The predicted molar refractivity (Wildman–Crippen MR) is 58.0 cm³/mol. The van der Waals surface area contributed by atoms with Crippen LogP contribution in [0.3, 0.4) is 0 Å². The second-order valence-corrected chi connectivity index (χ2v) is 4.47. The lowest BCUT2D eigenvalue weighted by molar-refractivity contribution is -0.158. The van der Waals surface area contributed by atoms with Gasteiger partial charge in [-0.25, -0.2) is 0 Å². The van der Waals surface area contributed by atoms with Crippen LogP contribution in [0, 0.1) is 0 Å². The molecule has 0 radical (unpaired) electrons. The van der Waals surface area contributed by atoms with Gasteiger partial charge in [0, 0.05) is 6.20 Å². The highest BCUT2D eigenvalue weighted by Crippen LogP contribution is 2.34. The second kappa shape index (κ2) is 4.43. The van der Waals surface area contributed by atoms with Gasteiger partial charge in [-0.2, -0.15) is 0 Å². The van der Waals surface area contributed by atoms with Crippen molar-refractivity contribution in [2.45, 2.75) is 37.4 Å². The SMILES string of the molecule is [2H]C([2H])(O)[C@H]1O[C@@H](N2C=CC(=O)CC2=O)[C@](C)(O)[C@@H]1O. The minimum atomic E-state index is -2.89. The standard InChI is InChI=1S/C11H15NO6/c1-11(17)9(16)7(5-13)18-10(11)12-3-2-6(14)4-8(12)15/h2-3,7,9-10,13,16-17H,4-5H2,1H3/t7-,9-,10-,11-/m1/s1/i5D2. The van der Waals surface area contributed by atoms with Gasteiger partial charge in [0.2, 0.25) is 5.91 Å². The Bertz CT molecular complexity index is 472. The van der Waals surface area contributed by atoms with Crippen molar-refractivity contribution >= 4 is 11.7 Å². The molecule has 0 aromatic rings. The molecule has 0 aromatic carbocycles. The maximum absolute atomic E-state index is 11.8. The van der Waals surface area contributed by atoms with Gasteiger partial charge in [0.15, 0.2) is 12.0 Å². The van der Waals surface area contributed by atoms with Crippen molar-refractivity contribution in [3.63, 3.8) is 0 Å². The second-order valence-electron chi connectivity index (χ2n) is 4.47. The predicted octanol–water partition coefficient (Wildman–Crippen LogP) is -1.87. The van der Waals surface area contributed by atoms with E-state index in [0.29, 0.717) is 0 Å². The summed E-state index contributed by atoms with van der Waals surface area (Å²) in [7, 11) is 0. The molecule has 1 saturated heterocycles. The normalized spacial score (nSPS) is 43.1. The maximum Gasteiger partial charge on any atom is 0.236 e. The molecule has 7 nitrogen and oxygen atoms in total. The van der Waals surface area contributed by atoms with E-state index in [0.717, 1.165) is 24.1 Å². The minimum Gasteiger partial charge on any atom is -0.394 e. The van der Waals surface area contributed by atoms with Crippen molar-refractivity contribution in [1.82, 2.24) is 4.90 Å². The third-order valence-electron chi connectivity index (χ3n) is 3.08. The molecular weight excluding hydrogens is 242 g/mol. The average Bonchev–Trinajstić information content (AvgIpc) is 2.51. The Balaban J connectivity index is 2.31. The molecule has 1 amide bonds. The van der Waals surface area contributed by atoms with Crippen LogP contribution >= 0.6 is 0 Å². The molecular formula is C11H15NO6. The first kappa shape index (κ1) is 10.6. The van der Waals surface area contributed by atoms with Gasteiger partial charge < -0.3 is 20.1 Å². The lowest BCUT2D eigenvalue weighted by Gasteiger charge is -2.34. The Morgan fingerprint density at radius 3 is 2.83 bits per heavy atom. The van der Waals surface area contributed by atoms with Crippen LogP contribution in [0.15, 0.2) is 12.3 Å². The number of aliphatic hydroxyl groups excluding tert-OH is 1. The number of nitrogens with zero attached hydrogens (tertiary/aromatic N) is 1. The smallest absolute Gasteiger partial charge is 0.236 e. The van der Waals surface area contributed by atoms with Crippen LogP contribution in [0.1, 0.15) is 16.1 Å². The number of hydrogen-bond donors (Lipinski definition) is 3. The summed E-state index contributed by atoms with van der Waals surface area (Å²) in [6.07, 6.45) is -3.04. The van der Waals surface area contributed by atoms with Crippen LogP contribution in [0.25, 0.3) is 0 Å². The van der Waals surface area contributed by atoms with E-state index in [1.165, 1.54) is 0 Å².